The second-order valence-electron chi connectivity index (χ2n) is 4.41. The third-order valence-electron chi connectivity index (χ3n) is 3.37. The number of likely N-dealkylation sites (N-methyl/N-ethyl adjacent to an activating group) is 1. The van der Waals surface area contributed by atoms with Crippen LogP contribution in [0.2, 0.25) is 5.02 Å². The summed E-state index contributed by atoms with van der Waals surface area (Å²) in [5.74, 6) is 0. The van der Waals surface area contributed by atoms with Crippen LogP contribution in [0, 0.1) is 0 Å². The van der Waals surface area contributed by atoms with E-state index < -0.39 is 0 Å². The number of rotatable bonds is 2. The van der Waals surface area contributed by atoms with Gasteiger partial charge in [0, 0.05) is 42.4 Å². The van der Waals surface area contributed by atoms with Crippen LogP contribution in [0.1, 0.15) is 0 Å². The summed E-state index contributed by atoms with van der Waals surface area (Å²) in [6.45, 7) is 2.10. The lowest BCUT2D eigenvalue weighted by atomic mass is 10.1. The van der Waals surface area contributed by atoms with Crippen LogP contribution in [0.25, 0.3) is 10.9 Å². The van der Waals surface area contributed by atoms with Gasteiger partial charge in [-0.2, -0.15) is 0 Å². The van der Waals surface area contributed by atoms with Gasteiger partial charge in [0.05, 0.1) is 11.6 Å². The van der Waals surface area contributed by atoms with Crippen LogP contribution < -0.4 is 10.2 Å². The van der Waals surface area contributed by atoms with Crippen molar-refractivity contribution < 1.29 is 0 Å². The summed E-state index contributed by atoms with van der Waals surface area (Å²) in [6.07, 6.45) is 1.84. The first-order chi connectivity index (χ1) is 8.25. The first-order valence-electron chi connectivity index (χ1n) is 5.73. The van der Waals surface area contributed by atoms with E-state index in [9.17, 15) is 0 Å². The van der Waals surface area contributed by atoms with Gasteiger partial charge in [0.2, 0.25) is 0 Å². The molecule has 3 rings (SSSR count). The van der Waals surface area contributed by atoms with Gasteiger partial charge in [0.15, 0.2) is 0 Å². The highest BCUT2D eigenvalue weighted by atomic mass is 35.5. The lowest BCUT2D eigenvalue weighted by molar-refractivity contribution is 0.429. The number of aromatic nitrogens is 1. The average molecular weight is 248 g/mol. The van der Waals surface area contributed by atoms with Crippen LogP contribution in [-0.2, 0) is 0 Å². The number of hydrogen-bond acceptors (Lipinski definition) is 3. The molecule has 1 aromatic carbocycles. The maximum absolute atomic E-state index is 5.99. The molecule has 17 heavy (non-hydrogen) atoms. The molecule has 2 aromatic rings. The number of nitrogens with one attached hydrogen (secondary N) is 1. The van der Waals surface area contributed by atoms with Gasteiger partial charge >= 0.3 is 0 Å². The van der Waals surface area contributed by atoms with Crippen molar-refractivity contribution in [3.05, 3.63) is 35.5 Å². The Morgan fingerprint density at radius 2 is 2.18 bits per heavy atom. The Bertz CT molecular complexity index is 551. The standard InChI is InChI=1S/C13H14ClN3/c1-17(10-7-15-8-10)13-4-5-16-12-6-9(14)2-3-11(12)13/h2-6,10,15H,7-8H2,1H3. The Kier molecular flexibility index (Phi) is 2.65. The molecule has 0 amide bonds. The van der Waals surface area contributed by atoms with Gasteiger partial charge < -0.3 is 10.2 Å². The minimum absolute atomic E-state index is 0.580. The Hall–Kier alpha value is -1.32. The van der Waals surface area contributed by atoms with E-state index in [4.69, 9.17) is 11.6 Å². The molecule has 1 fully saturated rings. The van der Waals surface area contributed by atoms with Crippen molar-refractivity contribution in [3.8, 4) is 0 Å². The quantitative estimate of drug-likeness (QED) is 0.883. The van der Waals surface area contributed by atoms with Gasteiger partial charge in [-0.05, 0) is 24.3 Å². The number of nitrogens with zero attached hydrogens (tertiary/aromatic N) is 2. The molecule has 0 unspecified atom stereocenters. The molecule has 1 aliphatic rings. The minimum Gasteiger partial charge on any atom is -0.368 e. The molecule has 0 bridgehead atoms. The predicted octanol–water partition coefficient (Wildman–Crippen LogP) is 2.30. The Balaban J connectivity index is 2.09. The maximum Gasteiger partial charge on any atom is 0.0737 e. The van der Waals surface area contributed by atoms with Gasteiger partial charge in [0.1, 0.15) is 0 Å². The number of benzene rings is 1. The first-order valence-corrected chi connectivity index (χ1v) is 6.11. The van der Waals surface area contributed by atoms with E-state index in [2.05, 4.69) is 28.3 Å². The summed E-state index contributed by atoms with van der Waals surface area (Å²) in [5.41, 5.74) is 2.17. The van der Waals surface area contributed by atoms with Gasteiger partial charge in [-0.25, -0.2) is 0 Å². The maximum atomic E-state index is 5.99. The smallest absolute Gasteiger partial charge is 0.0737 e. The minimum atomic E-state index is 0.580. The van der Waals surface area contributed by atoms with Crippen molar-refractivity contribution in [2.75, 3.05) is 25.0 Å². The molecular formula is C13H14ClN3. The SMILES string of the molecule is CN(c1ccnc2cc(Cl)ccc12)C1CNC1. The van der Waals surface area contributed by atoms with E-state index in [1.807, 2.05) is 24.4 Å². The summed E-state index contributed by atoms with van der Waals surface area (Å²) in [5, 5.41) is 5.18. The van der Waals surface area contributed by atoms with Crippen LogP contribution in [-0.4, -0.2) is 31.2 Å². The Labute approximate surface area is 105 Å². The highest BCUT2D eigenvalue weighted by Crippen LogP contribution is 2.28. The zero-order chi connectivity index (χ0) is 11.8. The van der Waals surface area contributed by atoms with Crippen molar-refractivity contribution in [2.24, 2.45) is 0 Å². The van der Waals surface area contributed by atoms with Gasteiger partial charge in [-0.1, -0.05) is 11.6 Å². The van der Waals surface area contributed by atoms with Crippen LogP contribution in [0.3, 0.4) is 0 Å². The molecular weight excluding hydrogens is 234 g/mol. The monoisotopic (exact) mass is 247 g/mol. The molecule has 1 aromatic heterocycles. The van der Waals surface area contributed by atoms with Crippen LogP contribution >= 0.6 is 11.6 Å². The normalized spacial score (nSPS) is 15.9. The number of fused-ring (bicyclic) bond motifs is 1. The van der Waals surface area contributed by atoms with Crippen molar-refractivity contribution >= 4 is 28.2 Å². The van der Waals surface area contributed by atoms with Crippen LogP contribution in [0.15, 0.2) is 30.5 Å². The fourth-order valence-corrected chi connectivity index (χ4v) is 2.32. The topological polar surface area (TPSA) is 28.2 Å². The van der Waals surface area contributed by atoms with Gasteiger partial charge in [-0.3, -0.25) is 4.98 Å². The molecule has 4 heteroatoms. The number of halogens is 1. The van der Waals surface area contributed by atoms with Crippen molar-refractivity contribution in [3.63, 3.8) is 0 Å². The van der Waals surface area contributed by atoms with Gasteiger partial charge in [-0.15, -0.1) is 0 Å². The van der Waals surface area contributed by atoms with Crippen molar-refractivity contribution in [1.29, 1.82) is 0 Å². The molecule has 1 aliphatic heterocycles. The van der Waals surface area contributed by atoms with E-state index in [0.717, 1.165) is 29.0 Å². The molecule has 0 radical (unpaired) electrons. The van der Waals surface area contributed by atoms with E-state index in [1.165, 1.54) is 5.69 Å². The van der Waals surface area contributed by atoms with Crippen molar-refractivity contribution in [2.45, 2.75) is 6.04 Å². The largest absolute Gasteiger partial charge is 0.368 e. The third-order valence-corrected chi connectivity index (χ3v) is 3.60. The summed E-state index contributed by atoms with van der Waals surface area (Å²) in [7, 11) is 2.13. The summed E-state index contributed by atoms with van der Waals surface area (Å²) in [4.78, 5) is 6.68. The molecule has 0 saturated carbocycles. The summed E-state index contributed by atoms with van der Waals surface area (Å²) < 4.78 is 0. The fraction of sp³-hybridized carbons (Fsp3) is 0.308. The molecule has 1 N–H and O–H groups in total. The van der Waals surface area contributed by atoms with Crippen LogP contribution in [0.4, 0.5) is 5.69 Å². The predicted molar refractivity (Wildman–Crippen MR) is 71.8 cm³/mol. The lowest BCUT2D eigenvalue weighted by Gasteiger charge is -2.37. The molecule has 0 atom stereocenters. The molecule has 1 saturated heterocycles. The summed E-state index contributed by atoms with van der Waals surface area (Å²) in [6, 6.07) is 8.52. The fourth-order valence-electron chi connectivity index (χ4n) is 2.16. The molecule has 2 heterocycles. The van der Waals surface area contributed by atoms with Crippen molar-refractivity contribution in [1.82, 2.24) is 10.3 Å². The zero-order valence-electron chi connectivity index (χ0n) is 9.65. The molecule has 0 spiro atoms. The number of pyridine rings is 1. The van der Waals surface area contributed by atoms with Crippen LogP contribution in [0.5, 0.6) is 0 Å². The molecule has 0 aliphatic carbocycles. The second kappa shape index (κ2) is 4.17. The lowest BCUT2D eigenvalue weighted by Crippen LogP contribution is -2.56. The highest BCUT2D eigenvalue weighted by molar-refractivity contribution is 6.31. The summed E-state index contributed by atoms with van der Waals surface area (Å²) >= 11 is 5.99. The highest BCUT2D eigenvalue weighted by Gasteiger charge is 2.22. The third kappa shape index (κ3) is 1.85. The number of hydrogen-bond donors (Lipinski definition) is 1. The van der Waals surface area contributed by atoms with E-state index in [0.29, 0.717) is 6.04 Å². The van der Waals surface area contributed by atoms with E-state index in [1.54, 1.807) is 0 Å². The first kappa shape index (κ1) is 10.8. The molecule has 3 nitrogen and oxygen atoms in total. The number of anilines is 1. The van der Waals surface area contributed by atoms with E-state index in [-0.39, 0.29) is 0 Å². The Morgan fingerprint density at radius 1 is 1.35 bits per heavy atom. The zero-order valence-corrected chi connectivity index (χ0v) is 10.4. The average Bonchev–Trinajstić information content (AvgIpc) is 2.25. The van der Waals surface area contributed by atoms with Gasteiger partial charge in [0.25, 0.3) is 0 Å². The van der Waals surface area contributed by atoms with E-state index >= 15 is 0 Å². The molecule has 88 valence electrons. The Morgan fingerprint density at radius 3 is 2.88 bits per heavy atom. The second-order valence-corrected chi connectivity index (χ2v) is 4.85.